The minimum atomic E-state index is -0.275. The summed E-state index contributed by atoms with van der Waals surface area (Å²) in [5.74, 6) is 1.34. The van der Waals surface area contributed by atoms with Crippen molar-refractivity contribution >= 4 is 5.57 Å². The second-order valence-corrected chi connectivity index (χ2v) is 10.1. The van der Waals surface area contributed by atoms with E-state index in [1.54, 1.807) is 12.3 Å². The first-order valence-electron chi connectivity index (χ1n) is 11.0. The van der Waals surface area contributed by atoms with Gasteiger partial charge in [-0.2, -0.15) is 4.91 Å². The van der Waals surface area contributed by atoms with E-state index in [0.717, 1.165) is 31.2 Å². The maximum absolute atomic E-state index is 13.8. The molecule has 4 aliphatic carbocycles. The molecule has 29 heavy (non-hydrogen) atoms. The number of aromatic nitrogens is 1. The Bertz CT molecular complexity index is 963. The fourth-order valence-corrected chi connectivity index (χ4v) is 7.19. The number of hydrogen-bond donors (Lipinski definition) is 0. The Morgan fingerprint density at radius 3 is 2.72 bits per heavy atom. The van der Waals surface area contributed by atoms with Gasteiger partial charge in [0.05, 0.1) is 6.20 Å². The smallest absolute Gasteiger partial charge is 0.142 e. The molecule has 0 spiro atoms. The third kappa shape index (κ3) is 2.64. The zero-order valence-electron chi connectivity index (χ0n) is 17.5. The van der Waals surface area contributed by atoms with Crippen molar-refractivity contribution in [3.8, 4) is 0 Å². The molecule has 0 radical (unpaired) electrons. The van der Waals surface area contributed by atoms with Crippen molar-refractivity contribution in [1.29, 1.82) is 0 Å². The summed E-state index contributed by atoms with van der Waals surface area (Å²) in [4.78, 5) is 15.3. The van der Waals surface area contributed by atoms with Crippen molar-refractivity contribution in [2.45, 2.75) is 58.9 Å². The van der Waals surface area contributed by atoms with Gasteiger partial charge in [0.15, 0.2) is 0 Å². The summed E-state index contributed by atoms with van der Waals surface area (Å²) in [5, 5.41) is 3.34. The average molecular weight is 393 g/mol. The van der Waals surface area contributed by atoms with Crippen LogP contribution in [0.25, 0.3) is 5.57 Å². The lowest BCUT2D eigenvalue weighted by Gasteiger charge is -2.58. The van der Waals surface area contributed by atoms with E-state index in [4.69, 9.17) is 0 Å². The number of rotatable bonds is 2. The average Bonchev–Trinajstić information content (AvgIpc) is 3.05. The molecule has 0 bridgehead atoms. The monoisotopic (exact) mass is 392 g/mol. The van der Waals surface area contributed by atoms with E-state index >= 15 is 0 Å². The molecule has 0 saturated heterocycles. The van der Waals surface area contributed by atoms with Crippen LogP contribution in [0.3, 0.4) is 0 Å². The van der Waals surface area contributed by atoms with E-state index in [-0.39, 0.29) is 22.7 Å². The fraction of sp³-hybridized carbons (Fsp3) is 0.560. The van der Waals surface area contributed by atoms with Gasteiger partial charge < -0.3 is 0 Å². The molecule has 1 aromatic heterocycles. The molecule has 2 fully saturated rings. The maximum atomic E-state index is 13.8. The molecule has 3 nitrogen and oxygen atoms in total. The lowest BCUT2D eigenvalue weighted by atomic mass is 9.46. The van der Waals surface area contributed by atoms with Gasteiger partial charge in [0.2, 0.25) is 0 Å². The standard InChI is InChI=1S/C25H29FN2O/c1-15-10-19-21-5-4-20(16-11-17(26)14-27-13-16)24(21,2)9-7-22(19)25(3)8-6-18(28-29)12-23(15)25/h4-5,11-15,18-19,22H,6-10H2,1-3H3/t15?,18?,19-,22-,24+,25+/m0/s1. The quantitative estimate of drug-likeness (QED) is 0.427. The van der Waals surface area contributed by atoms with E-state index in [2.05, 4.69) is 49.2 Å². The molecule has 0 aliphatic heterocycles. The summed E-state index contributed by atoms with van der Waals surface area (Å²) >= 11 is 0. The zero-order chi connectivity index (χ0) is 20.4. The van der Waals surface area contributed by atoms with Crippen LogP contribution in [0.15, 0.2) is 53.0 Å². The molecule has 5 rings (SSSR count). The Hall–Kier alpha value is -2.10. The second-order valence-electron chi connectivity index (χ2n) is 10.1. The Balaban J connectivity index is 1.50. The normalized spacial score (nSPS) is 40.8. The minimum absolute atomic E-state index is 0.0323. The molecule has 1 heterocycles. The van der Waals surface area contributed by atoms with Gasteiger partial charge in [-0.1, -0.05) is 55.3 Å². The molecule has 4 aliphatic rings. The summed E-state index contributed by atoms with van der Waals surface area (Å²) in [6, 6.07) is 1.47. The van der Waals surface area contributed by atoms with Gasteiger partial charge in [-0.05, 0) is 72.5 Å². The van der Waals surface area contributed by atoms with Crippen LogP contribution in [0.5, 0.6) is 0 Å². The van der Waals surface area contributed by atoms with Crippen LogP contribution in [0, 0.1) is 39.3 Å². The molecule has 2 unspecified atom stereocenters. The summed E-state index contributed by atoms with van der Waals surface area (Å²) in [7, 11) is 0. The molecule has 152 valence electrons. The highest BCUT2D eigenvalue weighted by Gasteiger charge is 2.56. The van der Waals surface area contributed by atoms with Gasteiger partial charge in [0.25, 0.3) is 0 Å². The van der Waals surface area contributed by atoms with Crippen molar-refractivity contribution in [2.24, 2.45) is 33.8 Å². The first kappa shape index (κ1) is 18.9. The van der Waals surface area contributed by atoms with E-state index < -0.39 is 0 Å². The van der Waals surface area contributed by atoms with Gasteiger partial charge in [0.1, 0.15) is 11.9 Å². The number of halogens is 1. The lowest BCUT2D eigenvalue weighted by Crippen LogP contribution is -2.49. The molecule has 4 heteroatoms. The second kappa shape index (κ2) is 6.45. The molecule has 6 atom stereocenters. The van der Waals surface area contributed by atoms with Crippen molar-refractivity contribution in [1.82, 2.24) is 4.98 Å². The summed E-state index contributed by atoms with van der Waals surface area (Å²) in [6.07, 6.45) is 15.1. The van der Waals surface area contributed by atoms with Gasteiger partial charge >= 0.3 is 0 Å². The molecule has 0 amide bonds. The van der Waals surface area contributed by atoms with E-state index in [0.29, 0.717) is 17.8 Å². The van der Waals surface area contributed by atoms with Crippen LogP contribution >= 0.6 is 0 Å². The summed E-state index contributed by atoms with van der Waals surface area (Å²) < 4.78 is 13.8. The summed E-state index contributed by atoms with van der Waals surface area (Å²) in [6.45, 7) is 7.08. The van der Waals surface area contributed by atoms with Crippen LogP contribution < -0.4 is 0 Å². The number of nitrogens with zero attached hydrogens (tertiary/aromatic N) is 2. The first-order valence-corrected chi connectivity index (χ1v) is 11.0. The van der Waals surface area contributed by atoms with Crippen molar-refractivity contribution in [2.75, 3.05) is 0 Å². The van der Waals surface area contributed by atoms with Gasteiger partial charge in [-0.15, -0.1) is 0 Å². The van der Waals surface area contributed by atoms with Crippen LogP contribution in [-0.2, 0) is 0 Å². The lowest BCUT2D eigenvalue weighted by molar-refractivity contribution is 0.0460. The Kier molecular flexibility index (Phi) is 4.20. The van der Waals surface area contributed by atoms with Gasteiger partial charge in [-0.25, -0.2) is 4.39 Å². The van der Waals surface area contributed by atoms with Crippen LogP contribution in [-0.4, -0.2) is 11.0 Å². The highest BCUT2D eigenvalue weighted by Crippen LogP contribution is 2.66. The minimum Gasteiger partial charge on any atom is -0.261 e. The van der Waals surface area contributed by atoms with Gasteiger partial charge in [0, 0.05) is 11.6 Å². The maximum Gasteiger partial charge on any atom is 0.142 e. The third-order valence-electron chi connectivity index (χ3n) is 8.60. The number of nitroso groups, excluding NO2 is 1. The van der Waals surface area contributed by atoms with Crippen molar-refractivity contribution < 1.29 is 4.39 Å². The zero-order valence-corrected chi connectivity index (χ0v) is 17.5. The third-order valence-corrected chi connectivity index (χ3v) is 8.60. The Morgan fingerprint density at radius 1 is 1.14 bits per heavy atom. The molecule has 1 aromatic rings. The Labute approximate surface area is 172 Å². The van der Waals surface area contributed by atoms with Crippen LogP contribution in [0.4, 0.5) is 4.39 Å². The van der Waals surface area contributed by atoms with Crippen molar-refractivity contribution in [3.63, 3.8) is 0 Å². The van der Waals surface area contributed by atoms with Crippen molar-refractivity contribution in [3.05, 3.63) is 64.1 Å². The SMILES string of the molecule is CC1C[C@H]2C3=CC=C(c4cncc(F)c4)[C@@]3(C)CC[C@@H]2[C@@]2(C)CCC(N=O)C=C12. The number of hydrogen-bond acceptors (Lipinski definition) is 3. The molecule has 0 aromatic carbocycles. The molecule has 2 saturated carbocycles. The summed E-state index contributed by atoms with van der Waals surface area (Å²) in [5.41, 5.74) is 5.25. The molecule has 0 N–H and O–H groups in total. The highest BCUT2D eigenvalue weighted by atomic mass is 19.1. The number of fused-ring (bicyclic) bond motifs is 5. The Morgan fingerprint density at radius 2 is 1.97 bits per heavy atom. The first-order chi connectivity index (χ1) is 13.9. The fourth-order valence-electron chi connectivity index (χ4n) is 7.19. The van der Waals surface area contributed by atoms with Crippen LogP contribution in [0.1, 0.15) is 58.4 Å². The predicted octanol–water partition coefficient (Wildman–Crippen LogP) is 6.48. The largest absolute Gasteiger partial charge is 0.261 e. The van der Waals surface area contributed by atoms with Gasteiger partial charge in [-0.3, -0.25) is 4.98 Å². The van der Waals surface area contributed by atoms with E-state index in [1.807, 2.05) is 0 Å². The topological polar surface area (TPSA) is 42.3 Å². The van der Waals surface area contributed by atoms with E-state index in [9.17, 15) is 9.30 Å². The molecular weight excluding hydrogens is 363 g/mol. The van der Waals surface area contributed by atoms with Crippen LogP contribution in [0.2, 0.25) is 0 Å². The highest BCUT2D eigenvalue weighted by molar-refractivity contribution is 5.78. The van der Waals surface area contributed by atoms with E-state index in [1.165, 1.54) is 29.3 Å². The number of allylic oxidation sites excluding steroid dienone is 5. The molecular formula is C25H29FN2O. The number of pyridine rings is 1. The predicted molar refractivity (Wildman–Crippen MR) is 113 cm³/mol.